The molecule has 3 nitrogen and oxygen atoms in total. The molecule has 0 aliphatic carbocycles. The van der Waals surface area contributed by atoms with Crippen molar-refractivity contribution in [3.8, 4) is 0 Å². The molecule has 0 aliphatic rings. The lowest BCUT2D eigenvalue weighted by atomic mass is 10.2. The van der Waals surface area contributed by atoms with Crippen LogP contribution in [0.15, 0.2) is 34.9 Å². The number of benzene rings is 1. The van der Waals surface area contributed by atoms with Crippen molar-refractivity contribution in [2.24, 2.45) is 5.92 Å². The summed E-state index contributed by atoms with van der Waals surface area (Å²) in [5.41, 5.74) is 2.12. The second kappa shape index (κ2) is 7.25. The molecule has 0 spiro atoms. The Morgan fingerprint density at radius 3 is 2.85 bits per heavy atom. The average molecular weight is 357 g/mol. The van der Waals surface area contributed by atoms with Crippen LogP contribution in [0.25, 0.3) is 0 Å². The second-order valence-electron chi connectivity index (χ2n) is 5.27. The third kappa shape index (κ3) is 4.62. The first kappa shape index (κ1) is 15.5. The molecule has 5 heteroatoms. The fraction of sp³-hybridized carbons (Fsp3) is 0.400. The minimum atomic E-state index is 0.652. The van der Waals surface area contributed by atoms with E-state index in [0.717, 1.165) is 33.8 Å². The van der Waals surface area contributed by atoms with Gasteiger partial charge in [0.05, 0.1) is 12.2 Å². The van der Waals surface area contributed by atoms with Gasteiger partial charge in [-0.25, -0.2) is 0 Å². The van der Waals surface area contributed by atoms with E-state index in [2.05, 4.69) is 40.2 Å². The van der Waals surface area contributed by atoms with Gasteiger partial charge in [-0.15, -0.1) is 0 Å². The first-order chi connectivity index (χ1) is 9.54. The minimum Gasteiger partial charge on any atom is -0.311 e. The molecule has 2 rings (SSSR count). The van der Waals surface area contributed by atoms with Crippen LogP contribution in [0.1, 0.15) is 25.1 Å². The highest BCUT2D eigenvalue weighted by Crippen LogP contribution is 2.22. The maximum atomic E-state index is 6.22. The van der Waals surface area contributed by atoms with Crippen LogP contribution in [-0.2, 0) is 13.1 Å². The van der Waals surface area contributed by atoms with Gasteiger partial charge < -0.3 is 5.32 Å². The first-order valence-electron chi connectivity index (χ1n) is 6.71. The van der Waals surface area contributed by atoms with Crippen molar-refractivity contribution in [1.82, 2.24) is 15.1 Å². The van der Waals surface area contributed by atoms with E-state index < -0.39 is 0 Å². The monoisotopic (exact) mass is 355 g/mol. The lowest BCUT2D eigenvalue weighted by molar-refractivity contribution is 0.543. The highest BCUT2D eigenvalue weighted by molar-refractivity contribution is 9.10. The molecule has 1 aromatic heterocycles. The van der Waals surface area contributed by atoms with E-state index in [9.17, 15) is 0 Å². The quantitative estimate of drug-likeness (QED) is 0.844. The van der Waals surface area contributed by atoms with Crippen LogP contribution < -0.4 is 5.32 Å². The summed E-state index contributed by atoms with van der Waals surface area (Å²) in [4.78, 5) is 0. The summed E-state index contributed by atoms with van der Waals surface area (Å²) < 4.78 is 2.91. The molecule has 0 bridgehead atoms. The third-order valence-corrected chi connectivity index (χ3v) is 3.75. The van der Waals surface area contributed by atoms with Crippen LogP contribution in [0, 0.1) is 5.92 Å². The van der Waals surface area contributed by atoms with E-state index in [4.69, 9.17) is 11.6 Å². The average Bonchev–Trinajstić information content (AvgIpc) is 2.80. The lowest BCUT2D eigenvalue weighted by Gasteiger charge is -2.06. The molecule has 0 atom stereocenters. The Kier molecular flexibility index (Phi) is 5.64. The molecule has 0 saturated carbocycles. The summed E-state index contributed by atoms with van der Waals surface area (Å²) in [5, 5.41) is 8.70. The number of hydrogen-bond acceptors (Lipinski definition) is 2. The van der Waals surface area contributed by atoms with Gasteiger partial charge in [-0.3, -0.25) is 4.68 Å². The second-order valence-corrected chi connectivity index (χ2v) is 6.59. The molecule has 1 N–H and O–H groups in total. The number of rotatable bonds is 6. The summed E-state index contributed by atoms with van der Waals surface area (Å²) in [6.07, 6.45) is 1.99. The minimum absolute atomic E-state index is 0.652. The number of nitrogens with one attached hydrogen (secondary N) is 1. The molecule has 0 aliphatic heterocycles. The van der Waals surface area contributed by atoms with Gasteiger partial charge in [0.25, 0.3) is 0 Å². The standard InChI is InChI=1S/C15H19BrClN3/c1-11(2)8-18-9-14-5-6-20(19-14)10-12-3-4-13(16)7-15(12)17/h3-7,11,18H,8-10H2,1-2H3. The normalized spacial score (nSPS) is 11.2. The van der Waals surface area contributed by atoms with Crippen LogP contribution in [0.4, 0.5) is 0 Å². The van der Waals surface area contributed by atoms with Gasteiger partial charge in [0.2, 0.25) is 0 Å². The summed E-state index contributed by atoms with van der Waals surface area (Å²) in [7, 11) is 0. The number of nitrogens with zero attached hydrogens (tertiary/aromatic N) is 2. The molecule has 2 aromatic rings. The van der Waals surface area contributed by atoms with E-state index in [1.807, 2.05) is 35.1 Å². The van der Waals surface area contributed by atoms with Crippen molar-refractivity contribution in [3.05, 3.63) is 51.2 Å². The van der Waals surface area contributed by atoms with Gasteiger partial charge in [-0.05, 0) is 36.2 Å². The van der Waals surface area contributed by atoms with E-state index in [1.54, 1.807) is 0 Å². The Labute approximate surface area is 133 Å². The van der Waals surface area contributed by atoms with Crippen LogP contribution in [0.5, 0.6) is 0 Å². The Bertz CT molecular complexity index is 566. The summed E-state index contributed by atoms with van der Waals surface area (Å²) in [6, 6.07) is 7.96. The zero-order valence-electron chi connectivity index (χ0n) is 11.7. The van der Waals surface area contributed by atoms with Gasteiger partial charge in [-0.1, -0.05) is 47.4 Å². The van der Waals surface area contributed by atoms with Crippen molar-refractivity contribution < 1.29 is 0 Å². The molecule has 0 radical (unpaired) electrons. The highest BCUT2D eigenvalue weighted by atomic mass is 79.9. The van der Waals surface area contributed by atoms with Crippen molar-refractivity contribution in [3.63, 3.8) is 0 Å². The first-order valence-corrected chi connectivity index (χ1v) is 7.88. The molecule has 1 aromatic carbocycles. The van der Waals surface area contributed by atoms with E-state index >= 15 is 0 Å². The van der Waals surface area contributed by atoms with Crippen LogP contribution in [0.2, 0.25) is 5.02 Å². The topological polar surface area (TPSA) is 29.9 Å². The van der Waals surface area contributed by atoms with Crippen LogP contribution >= 0.6 is 27.5 Å². The Hall–Kier alpha value is -0.840. The summed E-state index contributed by atoms with van der Waals surface area (Å²) >= 11 is 9.63. The molecular weight excluding hydrogens is 338 g/mol. The molecule has 0 unspecified atom stereocenters. The number of halogens is 2. The van der Waals surface area contributed by atoms with Crippen molar-refractivity contribution in [1.29, 1.82) is 0 Å². The van der Waals surface area contributed by atoms with Gasteiger partial charge in [0.15, 0.2) is 0 Å². The Morgan fingerprint density at radius 1 is 1.35 bits per heavy atom. The van der Waals surface area contributed by atoms with Crippen molar-refractivity contribution >= 4 is 27.5 Å². The van der Waals surface area contributed by atoms with Gasteiger partial charge in [0.1, 0.15) is 0 Å². The molecule has 0 fully saturated rings. The smallest absolute Gasteiger partial charge is 0.0762 e. The predicted molar refractivity (Wildman–Crippen MR) is 87.0 cm³/mol. The Morgan fingerprint density at radius 2 is 2.15 bits per heavy atom. The molecule has 20 heavy (non-hydrogen) atoms. The molecule has 0 amide bonds. The van der Waals surface area contributed by atoms with Crippen molar-refractivity contribution in [2.45, 2.75) is 26.9 Å². The Balaban J connectivity index is 1.95. The molecular formula is C15H19BrClN3. The van der Waals surface area contributed by atoms with Crippen molar-refractivity contribution in [2.75, 3.05) is 6.54 Å². The van der Waals surface area contributed by atoms with Gasteiger partial charge >= 0.3 is 0 Å². The van der Waals surface area contributed by atoms with E-state index in [0.29, 0.717) is 12.5 Å². The summed E-state index contributed by atoms with van der Waals surface area (Å²) in [5.74, 6) is 0.652. The highest BCUT2D eigenvalue weighted by Gasteiger charge is 2.04. The summed E-state index contributed by atoms with van der Waals surface area (Å²) in [6.45, 7) is 6.89. The van der Waals surface area contributed by atoms with Crippen LogP contribution in [0.3, 0.4) is 0 Å². The molecule has 1 heterocycles. The third-order valence-electron chi connectivity index (χ3n) is 2.90. The molecule has 0 saturated heterocycles. The fourth-order valence-electron chi connectivity index (χ4n) is 1.90. The SMILES string of the molecule is CC(C)CNCc1ccn(Cc2ccc(Br)cc2Cl)n1. The zero-order chi connectivity index (χ0) is 14.5. The molecule has 108 valence electrons. The van der Waals surface area contributed by atoms with Gasteiger partial charge in [0, 0.05) is 22.2 Å². The maximum absolute atomic E-state index is 6.22. The maximum Gasteiger partial charge on any atom is 0.0762 e. The number of aromatic nitrogens is 2. The lowest BCUT2D eigenvalue weighted by Crippen LogP contribution is -2.19. The predicted octanol–water partition coefficient (Wildman–Crippen LogP) is 4.09. The zero-order valence-corrected chi connectivity index (χ0v) is 14.1. The largest absolute Gasteiger partial charge is 0.311 e. The van der Waals surface area contributed by atoms with E-state index in [1.165, 1.54) is 0 Å². The fourth-order valence-corrected chi connectivity index (χ4v) is 2.63. The van der Waals surface area contributed by atoms with Gasteiger partial charge in [-0.2, -0.15) is 5.10 Å². The van der Waals surface area contributed by atoms with E-state index in [-0.39, 0.29) is 0 Å². The number of hydrogen-bond donors (Lipinski definition) is 1. The van der Waals surface area contributed by atoms with Crippen LogP contribution in [-0.4, -0.2) is 16.3 Å².